The predicted molar refractivity (Wildman–Crippen MR) is 167 cm³/mol. The Kier molecular flexibility index (Phi) is 7.95. The normalized spacial score (nSPS) is 11.2. The zero-order valence-electron chi connectivity index (χ0n) is 23.5. The van der Waals surface area contributed by atoms with Gasteiger partial charge >= 0.3 is 21.1 Å². The fourth-order valence-corrected chi connectivity index (χ4v) is 6.11. The first kappa shape index (κ1) is 28.9. The number of aromatic nitrogens is 4. The van der Waals surface area contributed by atoms with Gasteiger partial charge in [-0.3, -0.25) is 4.68 Å². The number of aryl methyl sites for hydroxylation is 2. The molecule has 8 heteroatoms. The Balaban J connectivity index is 0.00000329. The van der Waals surface area contributed by atoms with Crippen LogP contribution in [-0.2, 0) is 21.1 Å². The van der Waals surface area contributed by atoms with Crippen molar-refractivity contribution in [2.24, 2.45) is 0 Å². The second-order valence-corrected chi connectivity index (χ2v) is 11.0. The Morgan fingerprint density at radius 1 is 0.860 bits per heavy atom. The molecular formula is C35H25FN4OPtS. The van der Waals surface area contributed by atoms with E-state index in [1.807, 2.05) is 76.2 Å². The number of benzene rings is 4. The van der Waals surface area contributed by atoms with E-state index in [0.717, 1.165) is 33.1 Å². The summed E-state index contributed by atoms with van der Waals surface area (Å²) in [7, 11) is 0. The zero-order chi connectivity index (χ0) is 28.8. The van der Waals surface area contributed by atoms with Crippen LogP contribution < -0.4 is 4.74 Å². The molecule has 4 aromatic carbocycles. The third-order valence-electron chi connectivity index (χ3n) is 7.33. The number of ether oxygens (including phenoxy) is 1. The van der Waals surface area contributed by atoms with E-state index in [9.17, 15) is 4.39 Å². The SMILES string of the molecule is CSc1cc(C)c(-c2cnn(-c3[c-]c(Oc4[c-]c5c(cc4)c4ccccc4n5-c4cc(F)ccn4)ccc3)c2)c(C)c1.[Pt+2]. The second-order valence-electron chi connectivity index (χ2n) is 10.1. The molecule has 0 N–H and O–H groups in total. The summed E-state index contributed by atoms with van der Waals surface area (Å²) in [6, 6.07) is 31.5. The van der Waals surface area contributed by atoms with Gasteiger partial charge in [0.25, 0.3) is 0 Å². The fraction of sp³-hybridized carbons (Fsp3) is 0.0857. The molecule has 0 atom stereocenters. The van der Waals surface area contributed by atoms with Gasteiger partial charge in [-0.2, -0.15) is 17.2 Å². The number of hydrogen-bond donors (Lipinski definition) is 0. The Bertz CT molecular complexity index is 2100. The van der Waals surface area contributed by atoms with Gasteiger partial charge in [-0.25, -0.2) is 9.37 Å². The summed E-state index contributed by atoms with van der Waals surface area (Å²) >= 11 is 1.75. The number of hydrogen-bond acceptors (Lipinski definition) is 4. The van der Waals surface area contributed by atoms with E-state index in [2.05, 4.69) is 54.5 Å². The molecule has 214 valence electrons. The van der Waals surface area contributed by atoms with Crippen LogP contribution >= 0.6 is 11.8 Å². The quantitative estimate of drug-likeness (QED) is 0.126. The van der Waals surface area contributed by atoms with Crippen LogP contribution in [0.25, 0.3) is 44.4 Å². The molecule has 0 aliphatic carbocycles. The maximum atomic E-state index is 14.2. The van der Waals surface area contributed by atoms with Crippen molar-refractivity contribution >= 4 is 33.6 Å². The Labute approximate surface area is 267 Å². The average Bonchev–Trinajstić information content (AvgIpc) is 3.60. The summed E-state index contributed by atoms with van der Waals surface area (Å²) in [5, 5.41) is 6.63. The minimum absolute atomic E-state index is 0. The molecule has 0 unspecified atom stereocenters. The Morgan fingerprint density at radius 3 is 2.44 bits per heavy atom. The Hall–Kier alpha value is -4.19. The molecule has 0 aliphatic heterocycles. The van der Waals surface area contributed by atoms with E-state index >= 15 is 0 Å². The van der Waals surface area contributed by atoms with Crippen molar-refractivity contribution in [2.45, 2.75) is 18.7 Å². The minimum Gasteiger partial charge on any atom is -0.509 e. The maximum absolute atomic E-state index is 14.2. The molecule has 0 aliphatic rings. The predicted octanol–water partition coefficient (Wildman–Crippen LogP) is 8.90. The van der Waals surface area contributed by atoms with Crippen molar-refractivity contribution in [2.75, 3.05) is 6.26 Å². The molecule has 3 aromatic heterocycles. The van der Waals surface area contributed by atoms with Crippen molar-refractivity contribution < 1.29 is 30.2 Å². The second kappa shape index (κ2) is 11.8. The minimum atomic E-state index is -0.353. The van der Waals surface area contributed by atoms with E-state index in [-0.39, 0.29) is 26.9 Å². The van der Waals surface area contributed by atoms with Crippen molar-refractivity contribution in [3.8, 4) is 34.1 Å². The average molecular weight is 764 g/mol. The molecule has 7 aromatic rings. The molecule has 0 radical (unpaired) electrons. The summed E-state index contributed by atoms with van der Waals surface area (Å²) in [4.78, 5) is 5.68. The van der Waals surface area contributed by atoms with Crippen LogP contribution in [-0.4, -0.2) is 25.6 Å². The molecule has 0 amide bonds. The smallest absolute Gasteiger partial charge is 0.509 e. The van der Waals surface area contributed by atoms with Crippen LogP contribution in [0.4, 0.5) is 4.39 Å². The van der Waals surface area contributed by atoms with Gasteiger partial charge in [0.2, 0.25) is 0 Å². The van der Waals surface area contributed by atoms with Crippen molar-refractivity contribution in [1.82, 2.24) is 19.3 Å². The molecule has 0 spiro atoms. The van der Waals surface area contributed by atoms with E-state index in [4.69, 9.17) is 4.74 Å². The number of para-hydroxylation sites is 1. The molecular weight excluding hydrogens is 739 g/mol. The van der Waals surface area contributed by atoms with E-state index in [0.29, 0.717) is 17.3 Å². The summed E-state index contributed by atoms with van der Waals surface area (Å²) in [6.07, 6.45) is 7.46. The van der Waals surface area contributed by atoms with Crippen LogP contribution in [0.2, 0.25) is 0 Å². The first-order valence-corrected chi connectivity index (χ1v) is 14.7. The van der Waals surface area contributed by atoms with Crippen LogP contribution in [0.1, 0.15) is 11.1 Å². The van der Waals surface area contributed by atoms with Gasteiger partial charge in [0.1, 0.15) is 11.6 Å². The first-order valence-electron chi connectivity index (χ1n) is 13.5. The third kappa shape index (κ3) is 5.39. The monoisotopic (exact) mass is 763 g/mol. The van der Waals surface area contributed by atoms with E-state index in [1.54, 1.807) is 11.8 Å². The molecule has 0 saturated carbocycles. The largest absolute Gasteiger partial charge is 2.00 e. The third-order valence-corrected chi connectivity index (χ3v) is 8.03. The van der Waals surface area contributed by atoms with Gasteiger partial charge in [0.05, 0.1) is 6.20 Å². The number of thioether (sulfide) groups is 1. The molecule has 7 rings (SSSR count). The molecule has 0 saturated heterocycles. The molecule has 5 nitrogen and oxygen atoms in total. The number of fused-ring (bicyclic) bond motifs is 3. The van der Waals surface area contributed by atoms with Crippen LogP contribution in [0.5, 0.6) is 11.5 Å². The van der Waals surface area contributed by atoms with Gasteiger partial charge in [-0.05, 0) is 72.1 Å². The Morgan fingerprint density at radius 2 is 1.65 bits per heavy atom. The summed E-state index contributed by atoms with van der Waals surface area (Å²) in [6.45, 7) is 4.27. The fourth-order valence-electron chi connectivity index (χ4n) is 5.52. The molecule has 0 bridgehead atoms. The zero-order valence-corrected chi connectivity index (χ0v) is 26.6. The number of halogens is 1. The first-order chi connectivity index (χ1) is 20.5. The van der Waals surface area contributed by atoms with Crippen LogP contribution in [0.15, 0.2) is 102 Å². The van der Waals surface area contributed by atoms with Gasteiger partial charge in [0, 0.05) is 45.9 Å². The van der Waals surface area contributed by atoms with Crippen LogP contribution in [0.3, 0.4) is 0 Å². The van der Waals surface area contributed by atoms with Crippen LogP contribution in [0, 0.1) is 31.8 Å². The van der Waals surface area contributed by atoms with Gasteiger partial charge in [-0.15, -0.1) is 47.5 Å². The molecule has 3 heterocycles. The maximum Gasteiger partial charge on any atom is 2.00 e. The molecule has 43 heavy (non-hydrogen) atoms. The van der Waals surface area contributed by atoms with Crippen molar-refractivity contribution in [1.29, 1.82) is 0 Å². The van der Waals surface area contributed by atoms with E-state index < -0.39 is 0 Å². The standard InChI is InChI=1S/C35H25FN4OS.Pt/c1-22-15-29(42-3)16-23(2)35(22)24-20-38-39(21-24)26-7-6-8-27(18-26)41-28-11-12-31-30-9-4-5-10-32(30)40(33(31)19-28)34-17-25(36)13-14-37-34;/h4-17,20-21H,1-3H3;/q-2;+2. The van der Waals surface area contributed by atoms with Crippen molar-refractivity contribution in [3.63, 3.8) is 0 Å². The van der Waals surface area contributed by atoms with Gasteiger partial charge < -0.3 is 9.30 Å². The summed E-state index contributed by atoms with van der Waals surface area (Å²) in [5.74, 6) is 1.17. The number of pyridine rings is 1. The number of rotatable bonds is 6. The van der Waals surface area contributed by atoms with Crippen molar-refractivity contribution in [3.05, 3.63) is 127 Å². The van der Waals surface area contributed by atoms with Gasteiger partial charge in [-0.1, -0.05) is 23.7 Å². The summed E-state index contributed by atoms with van der Waals surface area (Å²) in [5.41, 5.74) is 7.10. The topological polar surface area (TPSA) is 44.9 Å². The van der Waals surface area contributed by atoms with E-state index in [1.165, 1.54) is 39.9 Å². The number of nitrogens with zero attached hydrogens (tertiary/aromatic N) is 4. The summed E-state index contributed by atoms with van der Waals surface area (Å²) < 4.78 is 24.1. The van der Waals surface area contributed by atoms with Gasteiger partial charge in [0.15, 0.2) is 0 Å². The molecule has 0 fully saturated rings.